The lowest BCUT2D eigenvalue weighted by Crippen LogP contribution is -2.38. The standard InChI is InChI=1S/C71H50N2S/c1-5-20-55-49(15-1)50-16-2-6-21-56(50)70(55)57-22-7-3-17-51(57)52-36-35-48(40-62(52)70)72(47-33-31-45(32-34-47)69-41-43-37-44(42-69)39-46(69)38-43)65-29-14-26-61-68(65)74-66-30-12-9-24-59(66)71(61)58-23-8-11-28-64(58)73-63-27-10-4-18-53(63)54-19-13-25-60(71)67(54)73/h1-36,40,43-44,46H,37-39,41-42H2. The molecular weight excluding hydrogens is 913 g/mol. The molecule has 3 atom stereocenters. The summed E-state index contributed by atoms with van der Waals surface area (Å²) < 4.78 is 2.56. The molecule has 2 aliphatic heterocycles. The van der Waals surface area contributed by atoms with Gasteiger partial charge in [-0.15, -0.1) is 0 Å². The molecule has 3 heterocycles. The summed E-state index contributed by atoms with van der Waals surface area (Å²) in [5.41, 5.74) is 24.3. The highest BCUT2D eigenvalue weighted by Gasteiger charge is 2.58. The number of nitrogens with zero attached hydrogens (tertiary/aromatic N) is 2. The highest BCUT2D eigenvalue weighted by molar-refractivity contribution is 7.99. The average molecular weight is 963 g/mol. The van der Waals surface area contributed by atoms with Gasteiger partial charge in [-0.2, -0.15) is 0 Å². The molecule has 4 bridgehead atoms. The summed E-state index contributed by atoms with van der Waals surface area (Å²) in [5, 5.41) is 2.59. The van der Waals surface area contributed by atoms with Crippen molar-refractivity contribution in [1.82, 2.24) is 4.57 Å². The summed E-state index contributed by atoms with van der Waals surface area (Å²) in [6.07, 6.45) is 7.02. The van der Waals surface area contributed by atoms with Gasteiger partial charge < -0.3 is 9.47 Å². The molecule has 11 aromatic rings. The summed E-state index contributed by atoms with van der Waals surface area (Å²) in [5.74, 6) is 2.63. The third kappa shape index (κ3) is 4.79. The topological polar surface area (TPSA) is 8.17 Å². The van der Waals surface area contributed by atoms with E-state index in [0.717, 1.165) is 17.8 Å². The number of hydrogen-bond acceptors (Lipinski definition) is 2. The van der Waals surface area contributed by atoms with Crippen molar-refractivity contribution in [2.45, 2.75) is 58.1 Å². The van der Waals surface area contributed by atoms with Crippen LogP contribution in [0.15, 0.2) is 234 Å². The average Bonchev–Trinajstić information content (AvgIpc) is 4.33. The van der Waals surface area contributed by atoms with Crippen molar-refractivity contribution < 1.29 is 0 Å². The number of aromatic nitrogens is 1. The number of anilines is 3. The lowest BCUT2D eigenvalue weighted by Gasteiger charge is -2.46. The van der Waals surface area contributed by atoms with E-state index in [4.69, 9.17) is 0 Å². The van der Waals surface area contributed by atoms with Gasteiger partial charge in [-0.3, -0.25) is 0 Å². The molecule has 2 spiro atoms. The summed E-state index contributed by atoms with van der Waals surface area (Å²) in [6.45, 7) is 0. The minimum absolute atomic E-state index is 0.335. The SMILES string of the molecule is c1ccc2c(c1)Sc1c(N(c3ccc(C45CC6CC(CC4C6)C5)cc3)c3ccc4c(c3)C3(c5ccccc5-c5ccccc53)c3ccccc3-4)cccc1C21c2ccccc2-n2c3ccccc3c3cccc1c32. The fourth-order valence-electron chi connectivity index (χ4n) is 17.4. The number of benzene rings is 10. The second kappa shape index (κ2) is 14.3. The van der Waals surface area contributed by atoms with Crippen LogP contribution < -0.4 is 4.90 Å². The van der Waals surface area contributed by atoms with Crippen molar-refractivity contribution in [1.29, 1.82) is 0 Å². The Bertz CT molecular complexity index is 4190. The van der Waals surface area contributed by atoms with Gasteiger partial charge in [-0.1, -0.05) is 188 Å². The van der Waals surface area contributed by atoms with Crippen molar-refractivity contribution in [3.63, 3.8) is 0 Å². The molecule has 3 heteroatoms. The number of rotatable bonds is 4. The van der Waals surface area contributed by atoms with Crippen LogP contribution in [0.3, 0.4) is 0 Å². The van der Waals surface area contributed by atoms with Crippen LogP contribution in [0, 0.1) is 17.8 Å². The van der Waals surface area contributed by atoms with Crippen molar-refractivity contribution in [3.8, 4) is 27.9 Å². The Morgan fingerprint density at radius 2 is 0.973 bits per heavy atom. The van der Waals surface area contributed by atoms with Crippen LogP contribution in [0.2, 0.25) is 0 Å². The molecule has 0 N–H and O–H groups in total. The van der Waals surface area contributed by atoms with E-state index in [1.165, 1.54) is 153 Å². The molecule has 0 amide bonds. The van der Waals surface area contributed by atoms with Crippen molar-refractivity contribution in [2.75, 3.05) is 4.90 Å². The van der Waals surface area contributed by atoms with Gasteiger partial charge in [0.05, 0.1) is 33.2 Å². The van der Waals surface area contributed by atoms with E-state index in [-0.39, 0.29) is 0 Å². The lowest BCUT2D eigenvalue weighted by molar-refractivity contribution is 0.266. The van der Waals surface area contributed by atoms with Gasteiger partial charge in [0.25, 0.3) is 0 Å². The first kappa shape index (κ1) is 40.6. The Kier molecular flexibility index (Phi) is 7.82. The number of para-hydroxylation sites is 3. The number of hydrogen-bond donors (Lipinski definition) is 0. The van der Waals surface area contributed by atoms with Gasteiger partial charge >= 0.3 is 0 Å². The first-order valence-electron chi connectivity index (χ1n) is 27.0. The third-order valence-electron chi connectivity index (χ3n) is 19.7. The molecule has 6 aliphatic carbocycles. The smallest absolute Gasteiger partial charge is 0.0765 e. The van der Waals surface area contributed by atoms with Crippen LogP contribution in [0.25, 0.3) is 49.7 Å². The van der Waals surface area contributed by atoms with E-state index in [9.17, 15) is 0 Å². The molecule has 0 radical (unpaired) electrons. The van der Waals surface area contributed by atoms with E-state index in [1.54, 1.807) is 5.56 Å². The summed E-state index contributed by atoms with van der Waals surface area (Å²) in [6, 6.07) is 87.1. The lowest BCUT2D eigenvalue weighted by atomic mass is 9.62. The fourth-order valence-corrected chi connectivity index (χ4v) is 18.7. The first-order valence-corrected chi connectivity index (χ1v) is 27.8. The Labute approximate surface area is 436 Å². The second-order valence-corrected chi connectivity index (χ2v) is 23.8. The van der Waals surface area contributed by atoms with E-state index >= 15 is 0 Å². The quantitative estimate of drug-likeness (QED) is 0.174. The normalized spacial score (nSPS) is 22.9. The maximum Gasteiger partial charge on any atom is 0.0765 e. The van der Waals surface area contributed by atoms with Crippen molar-refractivity contribution >= 4 is 50.6 Å². The monoisotopic (exact) mass is 962 g/mol. The van der Waals surface area contributed by atoms with E-state index in [0.29, 0.717) is 5.41 Å². The number of fused-ring (bicyclic) bond motifs is 21. The molecular formula is C71H50N2S. The third-order valence-corrected chi connectivity index (χ3v) is 20.9. The summed E-state index contributed by atoms with van der Waals surface area (Å²) >= 11 is 1.95. The zero-order chi connectivity index (χ0) is 48.1. The maximum absolute atomic E-state index is 2.64. The Balaban J connectivity index is 0.916. The molecule has 350 valence electrons. The van der Waals surface area contributed by atoms with Gasteiger partial charge in [0, 0.05) is 31.9 Å². The molecule has 4 saturated carbocycles. The zero-order valence-electron chi connectivity index (χ0n) is 40.9. The molecule has 10 aromatic carbocycles. The Hall–Kier alpha value is -7.85. The van der Waals surface area contributed by atoms with E-state index < -0.39 is 10.8 Å². The Morgan fingerprint density at radius 3 is 1.72 bits per heavy atom. The highest BCUT2D eigenvalue weighted by Crippen LogP contribution is 2.68. The first-order chi connectivity index (χ1) is 36.6. The maximum atomic E-state index is 2.64. The molecule has 0 saturated heterocycles. The van der Waals surface area contributed by atoms with Gasteiger partial charge in [0.1, 0.15) is 0 Å². The van der Waals surface area contributed by atoms with Crippen molar-refractivity contribution in [2.24, 2.45) is 17.8 Å². The van der Waals surface area contributed by atoms with E-state index in [2.05, 4.69) is 234 Å². The molecule has 2 nitrogen and oxygen atoms in total. The van der Waals surface area contributed by atoms with Crippen LogP contribution >= 0.6 is 11.8 Å². The van der Waals surface area contributed by atoms with Crippen LogP contribution in [0.1, 0.15) is 82.2 Å². The predicted molar refractivity (Wildman–Crippen MR) is 303 cm³/mol. The minimum atomic E-state index is -0.593. The molecule has 8 aliphatic rings. The van der Waals surface area contributed by atoms with Gasteiger partial charge in [-0.25, -0.2) is 0 Å². The molecule has 1 aromatic heterocycles. The minimum Gasteiger partial charge on any atom is -0.309 e. The molecule has 4 fully saturated rings. The largest absolute Gasteiger partial charge is 0.309 e. The van der Waals surface area contributed by atoms with Crippen LogP contribution in [0.4, 0.5) is 17.1 Å². The van der Waals surface area contributed by atoms with Crippen LogP contribution in [0.5, 0.6) is 0 Å². The predicted octanol–water partition coefficient (Wildman–Crippen LogP) is 17.8. The van der Waals surface area contributed by atoms with Crippen LogP contribution in [-0.4, -0.2) is 4.57 Å². The summed E-state index contributed by atoms with van der Waals surface area (Å²) in [7, 11) is 0. The second-order valence-electron chi connectivity index (χ2n) is 22.8. The van der Waals surface area contributed by atoms with Gasteiger partial charge in [-0.05, 0) is 176 Å². The van der Waals surface area contributed by atoms with Gasteiger partial charge in [0.2, 0.25) is 0 Å². The van der Waals surface area contributed by atoms with Gasteiger partial charge in [0.15, 0.2) is 0 Å². The highest BCUT2D eigenvalue weighted by atomic mass is 32.2. The fraction of sp³-hybridized carbons (Fsp3) is 0.155. The zero-order valence-corrected chi connectivity index (χ0v) is 41.7. The molecule has 74 heavy (non-hydrogen) atoms. The van der Waals surface area contributed by atoms with Crippen molar-refractivity contribution in [3.05, 3.63) is 275 Å². The molecule has 3 unspecified atom stereocenters. The molecule has 19 rings (SSSR count). The van der Waals surface area contributed by atoms with Crippen LogP contribution in [-0.2, 0) is 16.2 Å². The van der Waals surface area contributed by atoms with E-state index in [1.807, 2.05) is 11.8 Å². The summed E-state index contributed by atoms with van der Waals surface area (Å²) in [4.78, 5) is 5.24. The Morgan fingerprint density at radius 1 is 0.419 bits per heavy atom.